The minimum atomic E-state index is -0.476. The minimum Gasteiger partial charge on any atom is -0.258 e. The van der Waals surface area contributed by atoms with Gasteiger partial charge in [-0.05, 0) is 5.56 Å². The first-order valence-corrected chi connectivity index (χ1v) is 3.21. The molecule has 0 unspecified atom stereocenters. The molecule has 0 fully saturated rings. The topological polar surface area (TPSA) is 66.9 Å². The Morgan fingerprint density at radius 1 is 1.42 bits per heavy atom. The lowest BCUT2D eigenvalue weighted by atomic mass is 10.1. The van der Waals surface area contributed by atoms with Gasteiger partial charge in [-0.3, -0.25) is 10.1 Å². The highest BCUT2D eigenvalue weighted by molar-refractivity contribution is 5.37. The quantitative estimate of drug-likeness (QED) is 0.489. The molecule has 0 N–H and O–H groups in total. The molecule has 1 aromatic rings. The molecule has 1 rings (SSSR count). The summed E-state index contributed by atoms with van der Waals surface area (Å²) < 4.78 is 0. The highest BCUT2D eigenvalue weighted by Crippen LogP contribution is 2.12. The van der Waals surface area contributed by atoms with E-state index in [1.54, 1.807) is 0 Å². The zero-order valence-corrected chi connectivity index (χ0v) is 6.10. The largest absolute Gasteiger partial charge is 0.269 e. The number of benzene rings is 1. The van der Waals surface area contributed by atoms with Crippen molar-refractivity contribution in [3.8, 4) is 6.07 Å². The molecule has 0 saturated carbocycles. The summed E-state index contributed by atoms with van der Waals surface area (Å²) in [6, 6.07) is 7.62. The Morgan fingerprint density at radius 3 is 2.42 bits per heavy atom. The SMILES string of the molecule is N#C[CH]c1ccc([N+](=O)[O-])cc1. The van der Waals surface area contributed by atoms with Gasteiger partial charge in [0.1, 0.15) is 0 Å². The molecule has 0 aromatic heterocycles. The van der Waals surface area contributed by atoms with E-state index in [1.165, 1.54) is 30.7 Å². The molecule has 12 heavy (non-hydrogen) atoms. The summed E-state index contributed by atoms with van der Waals surface area (Å²) in [6.07, 6.45) is 1.32. The summed E-state index contributed by atoms with van der Waals surface area (Å²) in [5, 5.41) is 18.5. The molecule has 0 aliphatic carbocycles. The van der Waals surface area contributed by atoms with Crippen molar-refractivity contribution in [2.75, 3.05) is 0 Å². The maximum absolute atomic E-state index is 10.2. The van der Waals surface area contributed by atoms with Crippen LogP contribution in [0.3, 0.4) is 0 Å². The monoisotopic (exact) mass is 161 g/mol. The van der Waals surface area contributed by atoms with Gasteiger partial charge < -0.3 is 0 Å². The maximum Gasteiger partial charge on any atom is 0.269 e. The van der Waals surface area contributed by atoms with E-state index in [9.17, 15) is 10.1 Å². The fourth-order valence-electron chi connectivity index (χ4n) is 0.767. The van der Waals surface area contributed by atoms with Crippen molar-refractivity contribution in [3.63, 3.8) is 0 Å². The van der Waals surface area contributed by atoms with Crippen molar-refractivity contribution in [1.29, 1.82) is 5.26 Å². The van der Waals surface area contributed by atoms with E-state index in [4.69, 9.17) is 5.26 Å². The Morgan fingerprint density at radius 2 is 2.00 bits per heavy atom. The minimum absolute atomic E-state index is 0.0325. The molecule has 4 nitrogen and oxygen atoms in total. The summed E-state index contributed by atoms with van der Waals surface area (Å²) in [4.78, 5) is 9.72. The molecular weight excluding hydrogens is 156 g/mol. The maximum atomic E-state index is 10.2. The Bertz CT molecular complexity index is 324. The average Bonchev–Trinajstić information content (AvgIpc) is 2.06. The van der Waals surface area contributed by atoms with Gasteiger partial charge in [0.2, 0.25) is 0 Å². The second-order valence-corrected chi connectivity index (χ2v) is 2.12. The van der Waals surface area contributed by atoms with Crippen LogP contribution in [0.4, 0.5) is 5.69 Å². The van der Waals surface area contributed by atoms with Crippen molar-refractivity contribution in [1.82, 2.24) is 0 Å². The Kier molecular flexibility index (Phi) is 2.38. The molecular formula is C8H5N2O2. The third-order valence-electron chi connectivity index (χ3n) is 1.34. The summed E-state index contributed by atoms with van der Waals surface area (Å²) in [5.41, 5.74) is 0.702. The fourth-order valence-corrected chi connectivity index (χ4v) is 0.767. The predicted octanol–water partition coefficient (Wildman–Crippen LogP) is 1.67. The zero-order chi connectivity index (χ0) is 8.97. The van der Waals surface area contributed by atoms with Gasteiger partial charge in [0, 0.05) is 12.1 Å². The van der Waals surface area contributed by atoms with Crippen molar-refractivity contribution < 1.29 is 4.92 Å². The first-order chi connectivity index (χ1) is 5.74. The molecule has 1 aromatic carbocycles. The number of nitriles is 1. The van der Waals surface area contributed by atoms with Crippen LogP contribution in [0.5, 0.6) is 0 Å². The van der Waals surface area contributed by atoms with E-state index in [0.29, 0.717) is 5.56 Å². The van der Waals surface area contributed by atoms with Crippen molar-refractivity contribution >= 4 is 5.69 Å². The first kappa shape index (κ1) is 8.21. The van der Waals surface area contributed by atoms with Gasteiger partial charge in [0.15, 0.2) is 0 Å². The highest BCUT2D eigenvalue weighted by Gasteiger charge is 2.02. The molecule has 0 aliphatic rings. The second-order valence-electron chi connectivity index (χ2n) is 2.12. The lowest BCUT2D eigenvalue weighted by molar-refractivity contribution is -0.384. The Hall–Kier alpha value is -1.89. The van der Waals surface area contributed by atoms with E-state index in [1.807, 2.05) is 6.07 Å². The molecule has 59 valence electrons. The number of hydrogen-bond donors (Lipinski definition) is 0. The third-order valence-corrected chi connectivity index (χ3v) is 1.34. The van der Waals surface area contributed by atoms with E-state index in [0.717, 1.165) is 0 Å². The first-order valence-electron chi connectivity index (χ1n) is 3.21. The molecule has 0 spiro atoms. The molecule has 0 saturated heterocycles. The van der Waals surface area contributed by atoms with Crippen LogP contribution in [0.15, 0.2) is 24.3 Å². The third kappa shape index (κ3) is 1.80. The van der Waals surface area contributed by atoms with Gasteiger partial charge in [0.25, 0.3) is 5.69 Å². The van der Waals surface area contributed by atoms with Crippen LogP contribution in [-0.4, -0.2) is 4.92 Å². The summed E-state index contributed by atoms with van der Waals surface area (Å²) in [5.74, 6) is 0. The van der Waals surface area contributed by atoms with Gasteiger partial charge >= 0.3 is 0 Å². The number of hydrogen-bond acceptors (Lipinski definition) is 3. The van der Waals surface area contributed by atoms with E-state index in [-0.39, 0.29) is 5.69 Å². The van der Waals surface area contributed by atoms with Gasteiger partial charge in [-0.2, -0.15) is 5.26 Å². The molecule has 0 amide bonds. The van der Waals surface area contributed by atoms with Crippen LogP contribution in [0.1, 0.15) is 5.56 Å². The van der Waals surface area contributed by atoms with E-state index >= 15 is 0 Å². The van der Waals surface area contributed by atoms with Crippen LogP contribution in [0.25, 0.3) is 0 Å². The van der Waals surface area contributed by atoms with Crippen LogP contribution < -0.4 is 0 Å². The van der Waals surface area contributed by atoms with E-state index < -0.39 is 4.92 Å². The van der Waals surface area contributed by atoms with Crippen LogP contribution in [-0.2, 0) is 0 Å². The number of nitro groups is 1. The standard InChI is InChI=1S/C8H5N2O2/c9-6-5-7-1-3-8(4-2-7)10(11)12/h1-5H. The summed E-state index contributed by atoms with van der Waals surface area (Å²) >= 11 is 0. The Labute approximate surface area is 69.2 Å². The van der Waals surface area contributed by atoms with Crippen LogP contribution in [0.2, 0.25) is 0 Å². The van der Waals surface area contributed by atoms with Gasteiger partial charge in [-0.25, -0.2) is 0 Å². The van der Waals surface area contributed by atoms with Crippen LogP contribution in [0, 0.1) is 27.9 Å². The number of nitro benzene ring substituents is 1. The summed E-state index contributed by atoms with van der Waals surface area (Å²) in [6.45, 7) is 0. The molecule has 1 radical (unpaired) electrons. The van der Waals surface area contributed by atoms with Gasteiger partial charge in [0.05, 0.1) is 17.4 Å². The smallest absolute Gasteiger partial charge is 0.258 e. The fraction of sp³-hybridized carbons (Fsp3) is 0. The lowest BCUT2D eigenvalue weighted by Crippen LogP contribution is -1.87. The van der Waals surface area contributed by atoms with Gasteiger partial charge in [-0.1, -0.05) is 12.1 Å². The molecule has 0 atom stereocenters. The van der Waals surface area contributed by atoms with Gasteiger partial charge in [-0.15, -0.1) is 0 Å². The second kappa shape index (κ2) is 3.49. The molecule has 0 aliphatic heterocycles. The highest BCUT2D eigenvalue weighted by atomic mass is 16.6. The molecule has 4 heteroatoms. The summed E-state index contributed by atoms with van der Waals surface area (Å²) in [7, 11) is 0. The van der Waals surface area contributed by atoms with Crippen LogP contribution >= 0.6 is 0 Å². The van der Waals surface area contributed by atoms with Crippen molar-refractivity contribution in [2.45, 2.75) is 0 Å². The van der Waals surface area contributed by atoms with Crippen molar-refractivity contribution in [2.24, 2.45) is 0 Å². The van der Waals surface area contributed by atoms with E-state index in [2.05, 4.69) is 0 Å². The lowest BCUT2D eigenvalue weighted by Gasteiger charge is -1.92. The van der Waals surface area contributed by atoms with Crippen molar-refractivity contribution in [3.05, 3.63) is 46.4 Å². The molecule has 0 bridgehead atoms. The predicted molar refractivity (Wildman–Crippen MR) is 42.1 cm³/mol. The Balaban J connectivity index is 2.87. The normalized spacial score (nSPS) is 8.92. The number of nitrogens with zero attached hydrogens (tertiary/aromatic N) is 2. The zero-order valence-electron chi connectivity index (χ0n) is 6.10. The number of rotatable bonds is 2. The molecule has 0 heterocycles. The number of non-ortho nitro benzene ring substituents is 1. The average molecular weight is 161 g/mol.